The van der Waals surface area contributed by atoms with Gasteiger partial charge in [-0.3, -0.25) is 9.59 Å². The van der Waals surface area contributed by atoms with E-state index in [4.69, 9.17) is 0 Å². The highest BCUT2D eigenvalue weighted by molar-refractivity contribution is 7.72. The predicted molar refractivity (Wildman–Crippen MR) is 90.8 cm³/mol. The second-order valence-electron chi connectivity index (χ2n) is 6.26. The van der Waals surface area contributed by atoms with Crippen molar-refractivity contribution in [2.24, 2.45) is 0 Å². The van der Waals surface area contributed by atoms with Crippen LogP contribution in [0.5, 0.6) is 0 Å². The number of amides is 2. The maximum Gasteiger partial charge on any atom is 0.252 e. The molecule has 0 aromatic rings. The van der Waals surface area contributed by atoms with Gasteiger partial charge in [-0.15, -0.1) is 0 Å². The van der Waals surface area contributed by atoms with E-state index >= 15 is 0 Å². The minimum Gasteiger partial charge on any atom is -0.382 e. The third-order valence-electron chi connectivity index (χ3n) is 4.30. The molecule has 0 radical (unpaired) electrons. The van der Waals surface area contributed by atoms with Crippen LogP contribution in [0.3, 0.4) is 0 Å². The van der Waals surface area contributed by atoms with E-state index in [1.54, 1.807) is 12.3 Å². The maximum atomic E-state index is 12.2. The standard InChI is InChI=1S/C15H25N4O2P/c1-12-14(18-11-20)9-13(10-17-12)15(21)16-5-7-19-6-4-8-22(19,2)3/h9-12H,4-8H2,1-3H3,(H2-,16,17,18,20,21)/p+1. The molecule has 1 fully saturated rings. The van der Waals surface area contributed by atoms with Gasteiger partial charge >= 0.3 is 0 Å². The van der Waals surface area contributed by atoms with Crippen molar-refractivity contribution in [1.29, 1.82) is 0 Å². The minimum absolute atomic E-state index is 0.00282. The summed E-state index contributed by atoms with van der Waals surface area (Å²) in [6.07, 6.45) is 6.63. The maximum absolute atomic E-state index is 12.2. The number of dihydropyridines is 1. The average Bonchev–Trinajstić information content (AvgIpc) is 2.80. The SMILES string of the molecule is CC1NC=C(C(=O)NCCN2CCC[P+]2(C)C)C=C1NC=O. The van der Waals surface area contributed by atoms with E-state index in [2.05, 4.69) is 34.0 Å². The van der Waals surface area contributed by atoms with E-state index in [9.17, 15) is 9.59 Å². The lowest BCUT2D eigenvalue weighted by atomic mass is 10.1. The van der Waals surface area contributed by atoms with Gasteiger partial charge < -0.3 is 16.0 Å². The molecule has 0 aromatic carbocycles. The fourth-order valence-electron chi connectivity index (χ4n) is 2.84. The molecule has 2 rings (SSSR count). The first-order valence-corrected chi connectivity index (χ1v) is 10.5. The van der Waals surface area contributed by atoms with Crippen molar-refractivity contribution < 1.29 is 9.59 Å². The Morgan fingerprint density at radius 1 is 1.55 bits per heavy atom. The number of nitrogens with one attached hydrogen (secondary N) is 3. The zero-order chi connectivity index (χ0) is 16.2. The predicted octanol–water partition coefficient (Wildman–Crippen LogP) is 0.506. The van der Waals surface area contributed by atoms with Crippen molar-refractivity contribution in [3.05, 3.63) is 23.5 Å². The molecule has 2 amide bonds. The second kappa shape index (κ2) is 7.25. The molecule has 0 spiro atoms. The van der Waals surface area contributed by atoms with Crippen molar-refractivity contribution in [3.63, 3.8) is 0 Å². The van der Waals surface area contributed by atoms with Crippen LogP contribution in [0.15, 0.2) is 23.5 Å². The van der Waals surface area contributed by atoms with Gasteiger partial charge in [0.2, 0.25) is 6.41 Å². The minimum atomic E-state index is -0.928. The number of carbonyl (C=O) groups is 2. The molecule has 7 heteroatoms. The smallest absolute Gasteiger partial charge is 0.252 e. The van der Waals surface area contributed by atoms with Crippen LogP contribution in [0.1, 0.15) is 13.3 Å². The lowest BCUT2D eigenvalue weighted by Crippen LogP contribution is -2.38. The molecule has 22 heavy (non-hydrogen) atoms. The van der Waals surface area contributed by atoms with Gasteiger partial charge in [-0.05, 0) is 19.4 Å². The Hall–Kier alpha value is -1.39. The second-order valence-corrected chi connectivity index (χ2v) is 10.5. The van der Waals surface area contributed by atoms with Crippen molar-refractivity contribution in [1.82, 2.24) is 20.6 Å². The van der Waals surface area contributed by atoms with Gasteiger partial charge in [0.05, 0.1) is 45.1 Å². The van der Waals surface area contributed by atoms with E-state index in [1.807, 2.05) is 6.92 Å². The lowest BCUT2D eigenvalue weighted by Gasteiger charge is -2.24. The summed E-state index contributed by atoms with van der Waals surface area (Å²) in [5, 5.41) is 8.66. The van der Waals surface area contributed by atoms with E-state index in [1.165, 1.54) is 12.6 Å². The van der Waals surface area contributed by atoms with E-state index < -0.39 is 7.41 Å². The van der Waals surface area contributed by atoms with Crippen LogP contribution in [-0.4, -0.2) is 62.2 Å². The van der Waals surface area contributed by atoms with Crippen molar-refractivity contribution in [2.45, 2.75) is 19.4 Å². The van der Waals surface area contributed by atoms with Crippen LogP contribution in [0.4, 0.5) is 0 Å². The molecule has 0 aliphatic carbocycles. The first kappa shape index (κ1) is 17.0. The van der Waals surface area contributed by atoms with Crippen LogP contribution in [0, 0.1) is 0 Å². The molecule has 2 aliphatic rings. The number of carbonyl (C=O) groups excluding carboxylic acids is 2. The topological polar surface area (TPSA) is 73.5 Å². The van der Waals surface area contributed by atoms with Gasteiger partial charge in [-0.1, -0.05) is 0 Å². The Bertz CT molecular complexity index is 502. The number of rotatable bonds is 6. The fourth-order valence-corrected chi connectivity index (χ4v) is 5.36. The third kappa shape index (κ3) is 4.08. The first-order chi connectivity index (χ1) is 10.4. The highest BCUT2D eigenvalue weighted by Gasteiger charge is 2.38. The highest BCUT2D eigenvalue weighted by atomic mass is 31.2. The largest absolute Gasteiger partial charge is 0.382 e. The fraction of sp³-hybridized carbons (Fsp3) is 0.600. The third-order valence-corrected chi connectivity index (χ3v) is 7.64. The molecule has 2 aliphatic heterocycles. The lowest BCUT2D eigenvalue weighted by molar-refractivity contribution is -0.117. The van der Waals surface area contributed by atoms with Gasteiger partial charge in [0, 0.05) is 25.0 Å². The molecule has 0 bridgehead atoms. The van der Waals surface area contributed by atoms with E-state index in [-0.39, 0.29) is 11.9 Å². The van der Waals surface area contributed by atoms with Crippen molar-refractivity contribution in [2.75, 3.05) is 39.1 Å². The zero-order valence-electron chi connectivity index (χ0n) is 13.6. The summed E-state index contributed by atoms with van der Waals surface area (Å²) in [6, 6.07) is -0.00282. The van der Waals surface area contributed by atoms with Gasteiger partial charge in [-0.25, -0.2) is 0 Å². The Morgan fingerprint density at radius 3 is 2.95 bits per heavy atom. The molecular formula is C15H26N4O2P+. The summed E-state index contributed by atoms with van der Waals surface area (Å²) in [5.74, 6) is -0.111. The Balaban J connectivity index is 1.84. The summed E-state index contributed by atoms with van der Waals surface area (Å²) in [4.78, 5) is 22.8. The van der Waals surface area contributed by atoms with Gasteiger partial charge in [0.15, 0.2) is 0 Å². The zero-order valence-corrected chi connectivity index (χ0v) is 14.5. The monoisotopic (exact) mass is 325 g/mol. The Labute approximate surface area is 132 Å². The summed E-state index contributed by atoms with van der Waals surface area (Å²) >= 11 is 0. The van der Waals surface area contributed by atoms with Gasteiger partial charge in [-0.2, -0.15) is 4.67 Å². The summed E-state index contributed by atoms with van der Waals surface area (Å²) in [5.41, 5.74) is 1.24. The van der Waals surface area contributed by atoms with Crippen LogP contribution in [-0.2, 0) is 9.59 Å². The van der Waals surface area contributed by atoms with Crippen molar-refractivity contribution in [3.8, 4) is 0 Å². The van der Waals surface area contributed by atoms with Crippen LogP contribution >= 0.6 is 7.41 Å². The summed E-state index contributed by atoms with van der Waals surface area (Å²) in [6.45, 7) is 9.35. The number of hydrogen-bond donors (Lipinski definition) is 3. The summed E-state index contributed by atoms with van der Waals surface area (Å²) in [7, 11) is -0.928. The Kier molecular flexibility index (Phi) is 5.59. The van der Waals surface area contributed by atoms with Crippen LogP contribution in [0.25, 0.3) is 0 Å². The molecule has 0 aromatic heterocycles. The molecule has 6 nitrogen and oxygen atoms in total. The first-order valence-electron chi connectivity index (χ1n) is 7.68. The van der Waals surface area contributed by atoms with Crippen LogP contribution in [0.2, 0.25) is 0 Å². The van der Waals surface area contributed by atoms with Gasteiger partial charge in [0.25, 0.3) is 5.91 Å². The molecule has 2 heterocycles. The van der Waals surface area contributed by atoms with Gasteiger partial charge in [0.1, 0.15) is 0 Å². The number of hydrogen-bond acceptors (Lipinski definition) is 4. The molecule has 122 valence electrons. The van der Waals surface area contributed by atoms with Crippen molar-refractivity contribution >= 4 is 19.7 Å². The highest BCUT2D eigenvalue weighted by Crippen LogP contribution is 2.58. The summed E-state index contributed by atoms with van der Waals surface area (Å²) < 4.78 is 2.53. The Morgan fingerprint density at radius 2 is 2.32 bits per heavy atom. The quantitative estimate of drug-likeness (QED) is 0.491. The molecule has 1 atom stereocenters. The van der Waals surface area contributed by atoms with E-state index in [0.717, 1.165) is 13.1 Å². The average molecular weight is 325 g/mol. The molecule has 3 N–H and O–H groups in total. The molecule has 0 saturated carbocycles. The van der Waals surface area contributed by atoms with E-state index in [0.29, 0.717) is 24.2 Å². The normalized spacial score (nSPS) is 24.0. The van der Waals surface area contributed by atoms with Crippen LogP contribution < -0.4 is 16.0 Å². The molecular weight excluding hydrogens is 299 g/mol. The number of nitrogens with zero attached hydrogens (tertiary/aromatic N) is 1. The molecule has 1 saturated heterocycles. The molecule has 1 unspecified atom stereocenters.